The smallest absolute Gasteiger partial charge is 0.231 e. The SMILES string of the molecule is CC1(C)[C@@]2(C(=O)Nc3cccc(Cl)c3Cl)CC[C@]1(C)C(=O)C2. The highest BCUT2D eigenvalue weighted by molar-refractivity contribution is 6.44. The lowest BCUT2D eigenvalue weighted by Gasteiger charge is -2.38. The van der Waals surface area contributed by atoms with Gasteiger partial charge in [0.1, 0.15) is 5.78 Å². The van der Waals surface area contributed by atoms with Crippen molar-refractivity contribution >= 4 is 40.6 Å². The molecule has 0 spiro atoms. The van der Waals surface area contributed by atoms with Crippen molar-refractivity contribution in [3.63, 3.8) is 0 Å². The van der Waals surface area contributed by atoms with Crippen LogP contribution >= 0.6 is 23.2 Å². The maximum absolute atomic E-state index is 13.0. The van der Waals surface area contributed by atoms with E-state index in [1.54, 1.807) is 18.2 Å². The molecule has 1 amide bonds. The molecule has 3 rings (SSSR count). The lowest BCUT2D eigenvalue weighted by atomic mass is 9.64. The fourth-order valence-electron chi connectivity index (χ4n) is 4.20. The van der Waals surface area contributed by atoms with Gasteiger partial charge >= 0.3 is 0 Å². The van der Waals surface area contributed by atoms with Gasteiger partial charge in [0, 0.05) is 11.8 Å². The van der Waals surface area contributed by atoms with Gasteiger partial charge in [-0.1, -0.05) is 50.0 Å². The first-order valence-electron chi connectivity index (χ1n) is 7.44. The van der Waals surface area contributed by atoms with Crippen molar-refractivity contribution in [2.45, 2.75) is 40.0 Å². The Morgan fingerprint density at radius 1 is 1.18 bits per heavy atom. The molecule has 2 bridgehead atoms. The summed E-state index contributed by atoms with van der Waals surface area (Å²) in [6.07, 6.45) is 1.79. The van der Waals surface area contributed by atoms with Gasteiger partial charge in [0.05, 0.1) is 21.1 Å². The van der Waals surface area contributed by atoms with Gasteiger partial charge in [0.25, 0.3) is 0 Å². The molecular weight excluding hydrogens is 321 g/mol. The molecule has 0 aromatic heterocycles. The van der Waals surface area contributed by atoms with Crippen LogP contribution in [0.15, 0.2) is 18.2 Å². The molecule has 1 N–H and O–H groups in total. The number of Topliss-reactive ketones (excluding diaryl/α,β-unsaturated/α-hetero) is 1. The normalized spacial score (nSPS) is 32.3. The standard InChI is InChI=1S/C17H19Cl2NO2/c1-15(2)16(3)7-8-17(15,9-12(16)21)14(22)20-11-6-4-5-10(18)13(11)19/h4-6H,7-9H2,1-3H3,(H,20,22)/t16-,17+/m1/s1. The molecule has 22 heavy (non-hydrogen) atoms. The van der Waals surface area contributed by atoms with E-state index in [-0.39, 0.29) is 17.1 Å². The van der Waals surface area contributed by atoms with E-state index in [1.807, 2.05) is 20.8 Å². The Morgan fingerprint density at radius 2 is 1.86 bits per heavy atom. The monoisotopic (exact) mass is 339 g/mol. The highest BCUT2D eigenvalue weighted by Crippen LogP contribution is 2.70. The number of halogens is 2. The second-order valence-corrected chi connectivity index (χ2v) is 7.98. The van der Waals surface area contributed by atoms with Crippen molar-refractivity contribution in [1.29, 1.82) is 0 Å². The predicted octanol–water partition coefficient (Wildman–Crippen LogP) is 4.72. The molecule has 2 aliphatic carbocycles. The van der Waals surface area contributed by atoms with Crippen molar-refractivity contribution in [2.24, 2.45) is 16.2 Å². The molecule has 0 unspecified atom stereocenters. The number of carbonyl (C=O) groups is 2. The Labute approximate surface area is 140 Å². The van der Waals surface area contributed by atoms with Gasteiger partial charge in [0.15, 0.2) is 0 Å². The van der Waals surface area contributed by atoms with Crippen molar-refractivity contribution in [1.82, 2.24) is 0 Å². The minimum absolute atomic E-state index is 0.128. The second kappa shape index (κ2) is 4.72. The van der Waals surface area contributed by atoms with Crippen molar-refractivity contribution in [3.8, 4) is 0 Å². The summed E-state index contributed by atoms with van der Waals surface area (Å²) in [6.45, 7) is 6.05. The van der Waals surface area contributed by atoms with E-state index >= 15 is 0 Å². The van der Waals surface area contributed by atoms with E-state index < -0.39 is 10.8 Å². The minimum atomic E-state index is -0.662. The summed E-state index contributed by atoms with van der Waals surface area (Å²) in [5, 5.41) is 3.63. The summed E-state index contributed by atoms with van der Waals surface area (Å²) in [4.78, 5) is 25.4. The van der Waals surface area contributed by atoms with E-state index in [4.69, 9.17) is 23.2 Å². The molecule has 2 aliphatic rings. The van der Waals surface area contributed by atoms with E-state index in [2.05, 4.69) is 5.32 Å². The fraction of sp³-hybridized carbons (Fsp3) is 0.529. The average molecular weight is 340 g/mol. The Bertz CT molecular complexity index is 685. The van der Waals surface area contributed by atoms with Gasteiger partial charge in [-0.2, -0.15) is 0 Å². The zero-order chi connectivity index (χ0) is 16.3. The number of fused-ring (bicyclic) bond motifs is 2. The summed E-state index contributed by atoms with van der Waals surface area (Å²) in [5.74, 6) is 0.0623. The largest absolute Gasteiger partial charge is 0.324 e. The van der Waals surface area contributed by atoms with Crippen LogP contribution in [-0.2, 0) is 9.59 Å². The summed E-state index contributed by atoms with van der Waals surface area (Å²) in [6, 6.07) is 5.14. The predicted molar refractivity (Wildman–Crippen MR) is 88.3 cm³/mol. The number of anilines is 1. The Morgan fingerprint density at radius 3 is 2.41 bits per heavy atom. The van der Waals surface area contributed by atoms with E-state index in [0.717, 1.165) is 12.8 Å². The molecule has 3 nitrogen and oxygen atoms in total. The van der Waals surface area contributed by atoms with E-state index in [0.29, 0.717) is 22.2 Å². The van der Waals surface area contributed by atoms with Crippen LogP contribution in [0.25, 0.3) is 0 Å². The molecule has 0 saturated heterocycles. The molecule has 2 fully saturated rings. The number of amides is 1. The molecule has 0 radical (unpaired) electrons. The molecule has 2 saturated carbocycles. The number of hydrogen-bond donors (Lipinski definition) is 1. The van der Waals surface area contributed by atoms with Gasteiger partial charge in [-0.3, -0.25) is 9.59 Å². The van der Waals surface area contributed by atoms with Crippen LogP contribution in [-0.4, -0.2) is 11.7 Å². The molecule has 1 aromatic rings. The molecule has 0 aliphatic heterocycles. The quantitative estimate of drug-likeness (QED) is 0.847. The third-order valence-electron chi connectivity index (χ3n) is 6.34. The molecule has 1 aromatic carbocycles. The lowest BCUT2D eigenvalue weighted by molar-refractivity contribution is -0.131. The fourth-order valence-corrected chi connectivity index (χ4v) is 4.55. The van der Waals surface area contributed by atoms with Crippen LogP contribution in [0, 0.1) is 16.2 Å². The zero-order valence-electron chi connectivity index (χ0n) is 12.9. The second-order valence-electron chi connectivity index (χ2n) is 7.19. The molecular formula is C17H19Cl2NO2. The number of carbonyl (C=O) groups excluding carboxylic acids is 2. The maximum atomic E-state index is 13.0. The third-order valence-corrected chi connectivity index (χ3v) is 7.16. The van der Waals surface area contributed by atoms with Gasteiger partial charge < -0.3 is 5.32 Å². The highest BCUT2D eigenvalue weighted by atomic mass is 35.5. The molecule has 0 heterocycles. The highest BCUT2D eigenvalue weighted by Gasteiger charge is 2.72. The van der Waals surface area contributed by atoms with Crippen LogP contribution in [0.5, 0.6) is 0 Å². The summed E-state index contributed by atoms with van der Waals surface area (Å²) in [5.41, 5.74) is -0.948. The zero-order valence-corrected chi connectivity index (χ0v) is 14.4. The number of benzene rings is 1. The van der Waals surface area contributed by atoms with Crippen LogP contribution in [0.3, 0.4) is 0 Å². The number of rotatable bonds is 2. The summed E-state index contributed by atoms with van der Waals surface area (Å²) < 4.78 is 0. The molecule has 2 atom stereocenters. The van der Waals surface area contributed by atoms with Crippen molar-refractivity contribution < 1.29 is 9.59 Å². The first-order chi connectivity index (χ1) is 10.2. The van der Waals surface area contributed by atoms with Gasteiger partial charge in [0.2, 0.25) is 5.91 Å². The molecule has 5 heteroatoms. The first kappa shape index (κ1) is 15.8. The van der Waals surface area contributed by atoms with E-state index in [9.17, 15) is 9.59 Å². The van der Waals surface area contributed by atoms with Crippen LogP contribution in [0.4, 0.5) is 5.69 Å². The first-order valence-corrected chi connectivity index (χ1v) is 8.20. The van der Waals surface area contributed by atoms with Crippen molar-refractivity contribution in [3.05, 3.63) is 28.2 Å². The third kappa shape index (κ3) is 1.75. The summed E-state index contributed by atoms with van der Waals surface area (Å²) in [7, 11) is 0. The topological polar surface area (TPSA) is 46.2 Å². The van der Waals surface area contributed by atoms with Gasteiger partial charge in [-0.05, 0) is 30.4 Å². The van der Waals surface area contributed by atoms with Crippen LogP contribution in [0.2, 0.25) is 10.0 Å². The van der Waals surface area contributed by atoms with Gasteiger partial charge in [-0.15, -0.1) is 0 Å². The Hall–Kier alpha value is -1.06. The average Bonchev–Trinajstić information content (AvgIpc) is 2.74. The number of nitrogens with one attached hydrogen (secondary N) is 1. The van der Waals surface area contributed by atoms with E-state index in [1.165, 1.54) is 0 Å². The maximum Gasteiger partial charge on any atom is 0.231 e. The number of hydrogen-bond acceptors (Lipinski definition) is 2. The van der Waals surface area contributed by atoms with Crippen molar-refractivity contribution in [2.75, 3.05) is 5.32 Å². The van der Waals surface area contributed by atoms with Crippen LogP contribution < -0.4 is 5.32 Å². The van der Waals surface area contributed by atoms with Crippen LogP contribution in [0.1, 0.15) is 40.0 Å². The lowest BCUT2D eigenvalue weighted by Crippen LogP contribution is -2.43. The number of ketones is 1. The Kier molecular flexibility index (Phi) is 3.39. The minimum Gasteiger partial charge on any atom is -0.324 e. The van der Waals surface area contributed by atoms with Gasteiger partial charge in [-0.25, -0.2) is 0 Å². The summed E-state index contributed by atoms with van der Waals surface area (Å²) >= 11 is 12.2. The Balaban J connectivity index is 1.96. The molecule has 118 valence electrons.